The van der Waals surface area contributed by atoms with Gasteiger partial charge >= 0.3 is 12.6 Å². The van der Waals surface area contributed by atoms with Crippen molar-refractivity contribution in [3.8, 4) is 11.5 Å². The zero-order chi connectivity index (χ0) is 23.4. The summed E-state index contributed by atoms with van der Waals surface area (Å²) in [5.41, 5.74) is 1.59. The molecule has 6 heteroatoms. The van der Waals surface area contributed by atoms with Crippen LogP contribution in [0.25, 0.3) is 0 Å². The number of halogens is 3. The number of ether oxygens (including phenoxy) is 2. The molecule has 2 saturated carbocycles. The summed E-state index contributed by atoms with van der Waals surface area (Å²) in [4.78, 5) is 12.4. The van der Waals surface area contributed by atoms with Gasteiger partial charge < -0.3 is 9.47 Å². The number of hydrogen-bond acceptors (Lipinski definition) is 3. The van der Waals surface area contributed by atoms with E-state index < -0.39 is 24.1 Å². The highest BCUT2D eigenvalue weighted by molar-refractivity contribution is 5.91. The van der Waals surface area contributed by atoms with E-state index in [1.807, 2.05) is 12.1 Å². The Balaban J connectivity index is 1.35. The van der Waals surface area contributed by atoms with Crippen LogP contribution in [0.5, 0.6) is 11.5 Å². The number of rotatable bonds is 6. The number of carbonyl (C=O) groups is 1. The van der Waals surface area contributed by atoms with Crippen molar-refractivity contribution in [2.75, 3.05) is 0 Å². The van der Waals surface area contributed by atoms with Crippen LogP contribution in [0.4, 0.5) is 13.2 Å². The summed E-state index contributed by atoms with van der Waals surface area (Å²) in [6.07, 6.45) is 12.0. The molecule has 0 aliphatic heterocycles. The zero-order valence-corrected chi connectivity index (χ0v) is 18.7. The molecule has 0 aromatic heterocycles. The Kier molecular flexibility index (Phi) is 7.41. The van der Waals surface area contributed by atoms with Crippen LogP contribution in [0.3, 0.4) is 0 Å². The monoisotopic (exact) mass is 458 g/mol. The Morgan fingerprint density at radius 3 is 2.42 bits per heavy atom. The third kappa shape index (κ3) is 5.79. The lowest BCUT2D eigenvalue weighted by Gasteiger charge is -2.41. The van der Waals surface area contributed by atoms with Gasteiger partial charge in [-0.25, -0.2) is 9.18 Å². The highest BCUT2D eigenvalue weighted by Gasteiger charge is 2.35. The van der Waals surface area contributed by atoms with Gasteiger partial charge in [0.25, 0.3) is 0 Å². The molecule has 4 rings (SSSR count). The predicted molar refractivity (Wildman–Crippen MR) is 120 cm³/mol. The molecule has 0 spiro atoms. The minimum Gasteiger partial charge on any atom is -0.432 e. The summed E-state index contributed by atoms with van der Waals surface area (Å²) in [5.74, 6) is 0.519. The Morgan fingerprint density at radius 2 is 1.73 bits per heavy atom. The first kappa shape index (κ1) is 23.4. The predicted octanol–water partition coefficient (Wildman–Crippen LogP) is 7.52. The van der Waals surface area contributed by atoms with Crippen LogP contribution >= 0.6 is 0 Å². The molecule has 3 nitrogen and oxygen atoms in total. The van der Waals surface area contributed by atoms with E-state index in [0.29, 0.717) is 11.5 Å². The third-order valence-electron chi connectivity index (χ3n) is 7.07. The van der Waals surface area contributed by atoms with E-state index in [2.05, 4.69) is 23.8 Å². The van der Waals surface area contributed by atoms with Gasteiger partial charge in [-0.1, -0.05) is 24.3 Å². The van der Waals surface area contributed by atoms with Crippen molar-refractivity contribution in [2.24, 2.45) is 17.8 Å². The number of alkyl halides is 2. The van der Waals surface area contributed by atoms with Crippen molar-refractivity contribution in [3.05, 3.63) is 71.6 Å². The summed E-state index contributed by atoms with van der Waals surface area (Å²) in [6, 6.07) is 10.5. The topological polar surface area (TPSA) is 35.5 Å². The molecule has 2 aromatic carbocycles. The van der Waals surface area contributed by atoms with Crippen molar-refractivity contribution in [1.82, 2.24) is 0 Å². The smallest absolute Gasteiger partial charge is 0.387 e. The van der Waals surface area contributed by atoms with Crippen LogP contribution in [0.1, 0.15) is 67.3 Å². The molecule has 4 unspecified atom stereocenters. The van der Waals surface area contributed by atoms with Crippen LogP contribution in [0.15, 0.2) is 54.6 Å². The first-order valence-electron chi connectivity index (χ1n) is 11.6. The number of carbonyl (C=O) groups excluding carboxylic acids is 1. The van der Waals surface area contributed by atoms with Gasteiger partial charge in [-0.3, -0.25) is 0 Å². The molecule has 0 radical (unpaired) electrons. The fourth-order valence-electron chi connectivity index (χ4n) is 5.47. The molecule has 0 amide bonds. The number of hydrogen-bond donors (Lipinski definition) is 0. The molecule has 2 fully saturated rings. The van der Waals surface area contributed by atoms with Crippen molar-refractivity contribution < 1.29 is 27.4 Å². The quantitative estimate of drug-likeness (QED) is 0.255. The first-order valence-corrected chi connectivity index (χ1v) is 11.6. The van der Waals surface area contributed by atoms with E-state index in [0.717, 1.165) is 29.9 Å². The van der Waals surface area contributed by atoms with Crippen molar-refractivity contribution >= 4 is 5.97 Å². The van der Waals surface area contributed by atoms with Gasteiger partial charge in [-0.05, 0) is 98.9 Å². The highest BCUT2D eigenvalue weighted by Crippen LogP contribution is 2.47. The van der Waals surface area contributed by atoms with Crippen LogP contribution in [0.2, 0.25) is 0 Å². The Hall–Kier alpha value is -2.76. The van der Waals surface area contributed by atoms with E-state index >= 15 is 0 Å². The van der Waals surface area contributed by atoms with Gasteiger partial charge in [-0.2, -0.15) is 8.78 Å². The zero-order valence-electron chi connectivity index (χ0n) is 18.7. The van der Waals surface area contributed by atoms with Crippen molar-refractivity contribution in [2.45, 2.75) is 58.0 Å². The molecular formula is C27H29F3O3. The lowest BCUT2D eigenvalue weighted by Crippen LogP contribution is -2.30. The van der Waals surface area contributed by atoms with Gasteiger partial charge in [0, 0.05) is 6.07 Å². The second-order valence-corrected chi connectivity index (χ2v) is 9.11. The summed E-state index contributed by atoms with van der Waals surface area (Å²) in [7, 11) is 0. The molecule has 0 bridgehead atoms. The van der Waals surface area contributed by atoms with Crippen molar-refractivity contribution in [1.29, 1.82) is 0 Å². The van der Waals surface area contributed by atoms with E-state index in [9.17, 15) is 18.0 Å². The Morgan fingerprint density at radius 1 is 1.00 bits per heavy atom. The molecule has 33 heavy (non-hydrogen) atoms. The van der Waals surface area contributed by atoms with Gasteiger partial charge in [-0.15, -0.1) is 0 Å². The van der Waals surface area contributed by atoms with Crippen molar-refractivity contribution in [3.63, 3.8) is 0 Å². The summed E-state index contributed by atoms with van der Waals surface area (Å²) >= 11 is 0. The summed E-state index contributed by atoms with van der Waals surface area (Å²) in [6.45, 7) is -1.03. The van der Waals surface area contributed by atoms with Crippen LogP contribution in [0, 0.1) is 23.6 Å². The van der Waals surface area contributed by atoms with Gasteiger partial charge in [0.1, 0.15) is 5.75 Å². The minimum absolute atomic E-state index is 0.0740. The fraction of sp³-hybridized carbons (Fsp3) is 0.444. The molecule has 0 heterocycles. The average molecular weight is 459 g/mol. The van der Waals surface area contributed by atoms with Gasteiger partial charge in [0.05, 0.1) is 5.56 Å². The second-order valence-electron chi connectivity index (χ2n) is 9.11. The summed E-state index contributed by atoms with van der Waals surface area (Å²) in [5, 5.41) is 0. The van der Waals surface area contributed by atoms with E-state index in [1.165, 1.54) is 50.2 Å². The average Bonchev–Trinajstić information content (AvgIpc) is 2.80. The van der Waals surface area contributed by atoms with Crippen LogP contribution in [-0.4, -0.2) is 12.6 Å². The maximum Gasteiger partial charge on any atom is 0.387 e. The normalized spacial score (nSPS) is 25.1. The van der Waals surface area contributed by atoms with E-state index in [4.69, 9.17) is 4.74 Å². The number of benzene rings is 2. The maximum absolute atomic E-state index is 13.8. The molecular weight excluding hydrogens is 429 g/mol. The lowest BCUT2D eigenvalue weighted by atomic mass is 9.64. The van der Waals surface area contributed by atoms with Gasteiger partial charge in [0.2, 0.25) is 0 Å². The molecule has 2 aliphatic rings. The molecule has 176 valence electrons. The standard InChI is InChI=1S/C27H29F3O3/c1-2-3-17-4-5-22-15-21(11-10-20(22)14-17)18-6-8-19(9-7-18)26(31)32-23-12-13-25(24(28)16-23)33-27(29)30/h2-3,6-9,12-13,16-17,20-22,27H,4-5,10-11,14-15H2,1H3/b3-2+. The van der Waals surface area contributed by atoms with Crippen LogP contribution < -0.4 is 9.47 Å². The fourth-order valence-corrected chi connectivity index (χ4v) is 5.47. The number of allylic oxidation sites excluding steroid dienone is 2. The molecule has 2 aromatic rings. The molecule has 0 N–H and O–H groups in total. The maximum atomic E-state index is 13.8. The SMILES string of the molecule is C/C=C/C1CCC2CC(c3ccc(C(=O)Oc4ccc(OC(F)F)c(F)c4)cc3)CCC2C1. The third-order valence-corrected chi connectivity index (χ3v) is 7.07. The Bertz CT molecular complexity index is 987. The highest BCUT2D eigenvalue weighted by atomic mass is 19.3. The molecule has 0 saturated heterocycles. The number of fused-ring (bicyclic) bond motifs is 1. The number of esters is 1. The van der Waals surface area contributed by atoms with Gasteiger partial charge in [0.15, 0.2) is 11.6 Å². The Labute approximate surface area is 192 Å². The summed E-state index contributed by atoms with van der Waals surface area (Å²) < 4.78 is 47.6. The molecule has 4 atom stereocenters. The van der Waals surface area contributed by atoms with E-state index in [1.54, 1.807) is 12.1 Å². The largest absolute Gasteiger partial charge is 0.432 e. The second kappa shape index (κ2) is 10.4. The lowest BCUT2D eigenvalue weighted by molar-refractivity contribution is -0.0522. The van der Waals surface area contributed by atoms with Crippen LogP contribution in [-0.2, 0) is 0 Å². The first-order chi connectivity index (χ1) is 15.9. The van der Waals surface area contributed by atoms with E-state index in [-0.39, 0.29) is 5.75 Å². The minimum atomic E-state index is -3.13. The molecule has 2 aliphatic carbocycles.